The number of benzene rings is 2. The van der Waals surface area contributed by atoms with E-state index in [0.717, 1.165) is 11.1 Å². The molecule has 1 heterocycles. The molecule has 1 aromatic heterocycles. The van der Waals surface area contributed by atoms with E-state index < -0.39 is 10.0 Å². The number of hydrogen-bond donors (Lipinski definition) is 2. The summed E-state index contributed by atoms with van der Waals surface area (Å²) in [7, 11) is -3.71. The predicted octanol–water partition coefficient (Wildman–Crippen LogP) is 3.26. The second kappa shape index (κ2) is 8.63. The molecular formula is C20H18ClN3O4S2. The molecule has 2 aromatic carbocycles. The second-order valence-electron chi connectivity index (χ2n) is 6.79. The minimum Gasteiger partial charge on any atom is -0.484 e. The molecule has 0 saturated carbocycles. The van der Waals surface area contributed by atoms with E-state index in [4.69, 9.17) is 16.3 Å². The summed E-state index contributed by atoms with van der Waals surface area (Å²) < 4.78 is 33.1. The Morgan fingerprint density at radius 1 is 1.20 bits per heavy atom. The smallest absolute Gasteiger partial charge is 0.263 e. The normalized spacial score (nSPS) is 15.4. The van der Waals surface area contributed by atoms with E-state index in [1.54, 1.807) is 47.8 Å². The summed E-state index contributed by atoms with van der Waals surface area (Å²) in [5, 5.41) is 5.49. The summed E-state index contributed by atoms with van der Waals surface area (Å²) in [6.45, 7) is -0.120. The van der Waals surface area contributed by atoms with Crippen LogP contribution in [-0.4, -0.2) is 32.0 Å². The van der Waals surface area contributed by atoms with Crippen molar-refractivity contribution < 1.29 is 17.9 Å². The molecule has 0 saturated heterocycles. The number of rotatable bonds is 7. The van der Waals surface area contributed by atoms with Crippen LogP contribution in [-0.2, 0) is 27.7 Å². The van der Waals surface area contributed by atoms with E-state index >= 15 is 0 Å². The maximum absolute atomic E-state index is 12.6. The number of halogens is 1. The molecule has 2 N–H and O–H groups in total. The minimum atomic E-state index is -3.71. The van der Waals surface area contributed by atoms with Gasteiger partial charge in [0, 0.05) is 22.6 Å². The summed E-state index contributed by atoms with van der Waals surface area (Å²) in [5.41, 5.74) is 1.92. The first-order valence-corrected chi connectivity index (χ1v) is 11.8. The van der Waals surface area contributed by atoms with Gasteiger partial charge < -0.3 is 10.1 Å². The molecule has 1 aliphatic rings. The van der Waals surface area contributed by atoms with Crippen LogP contribution in [0.5, 0.6) is 5.75 Å². The molecule has 0 radical (unpaired) electrons. The molecule has 0 fully saturated rings. The van der Waals surface area contributed by atoms with Crippen LogP contribution in [0.15, 0.2) is 58.9 Å². The number of carbonyl (C=O) groups excluding carboxylic acids is 1. The second-order valence-corrected chi connectivity index (χ2v) is 9.81. The van der Waals surface area contributed by atoms with Crippen molar-refractivity contribution in [1.29, 1.82) is 0 Å². The average Bonchev–Trinajstić information content (AvgIpc) is 3.34. The first-order chi connectivity index (χ1) is 14.4. The number of hydrogen-bond acceptors (Lipinski definition) is 6. The predicted molar refractivity (Wildman–Crippen MR) is 116 cm³/mol. The molecule has 0 spiro atoms. The van der Waals surface area contributed by atoms with Crippen LogP contribution in [0.3, 0.4) is 0 Å². The molecule has 0 bridgehead atoms. The van der Waals surface area contributed by atoms with Crippen molar-refractivity contribution in [1.82, 2.24) is 10.3 Å². The van der Waals surface area contributed by atoms with Crippen LogP contribution >= 0.6 is 22.9 Å². The van der Waals surface area contributed by atoms with Gasteiger partial charge in [0.2, 0.25) is 0 Å². The van der Waals surface area contributed by atoms with E-state index in [1.807, 2.05) is 0 Å². The quantitative estimate of drug-likeness (QED) is 0.560. The van der Waals surface area contributed by atoms with Crippen molar-refractivity contribution in [2.24, 2.45) is 0 Å². The number of thiazole rings is 1. The Kier molecular flexibility index (Phi) is 5.94. The van der Waals surface area contributed by atoms with Crippen molar-refractivity contribution >= 4 is 44.0 Å². The molecule has 156 valence electrons. The Hall–Kier alpha value is -2.62. The SMILES string of the molecule is O=C(COc1cccc(Cl)c1)NC1Cc2ccc(S(=O)(=O)Nc3nccs3)cc2C1. The summed E-state index contributed by atoms with van der Waals surface area (Å²) in [5.74, 6) is 0.279. The fourth-order valence-electron chi connectivity index (χ4n) is 3.29. The summed E-state index contributed by atoms with van der Waals surface area (Å²) >= 11 is 7.12. The molecule has 3 aromatic rings. The van der Waals surface area contributed by atoms with Crippen LogP contribution in [0, 0.1) is 0 Å². The number of amides is 1. The number of sulfonamides is 1. The number of nitrogens with one attached hydrogen (secondary N) is 2. The Labute approximate surface area is 183 Å². The molecule has 1 amide bonds. The van der Waals surface area contributed by atoms with Gasteiger partial charge in [-0.15, -0.1) is 11.3 Å². The Morgan fingerprint density at radius 3 is 2.80 bits per heavy atom. The lowest BCUT2D eigenvalue weighted by molar-refractivity contribution is -0.123. The number of ether oxygens (including phenoxy) is 1. The molecule has 7 nitrogen and oxygen atoms in total. The van der Waals surface area contributed by atoms with E-state index in [0.29, 0.717) is 28.7 Å². The van der Waals surface area contributed by atoms with Crippen LogP contribution in [0.2, 0.25) is 5.02 Å². The molecule has 10 heteroatoms. The Balaban J connectivity index is 1.35. The van der Waals surface area contributed by atoms with Crippen molar-refractivity contribution in [3.05, 3.63) is 70.2 Å². The van der Waals surface area contributed by atoms with Crippen LogP contribution in [0.4, 0.5) is 5.13 Å². The highest BCUT2D eigenvalue weighted by molar-refractivity contribution is 7.93. The summed E-state index contributed by atoms with van der Waals surface area (Å²) in [4.78, 5) is 16.4. The summed E-state index contributed by atoms with van der Waals surface area (Å²) in [6, 6.07) is 11.7. The number of carbonyl (C=O) groups is 1. The third kappa shape index (κ3) is 4.92. The molecule has 1 unspecified atom stereocenters. The lowest BCUT2D eigenvalue weighted by Crippen LogP contribution is -2.38. The van der Waals surface area contributed by atoms with Gasteiger partial charge in [-0.3, -0.25) is 9.52 Å². The standard InChI is InChI=1S/C20H18ClN3O4S2/c21-15-2-1-3-17(11-15)28-12-19(25)23-16-8-13-4-5-18(10-14(13)9-16)30(26,27)24-20-22-6-7-29-20/h1-7,10-11,16H,8-9,12H2,(H,22,24)(H,23,25). The van der Waals surface area contributed by atoms with Crippen molar-refractivity contribution in [3.63, 3.8) is 0 Å². The highest BCUT2D eigenvalue weighted by atomic mass is 35.5. The van der Waals surface area contributed by atoms with Gasteiger partial charge in [-0.2, -0.15) is 0 Å². The topological polar surface area (TPSA) is 97.4 Å². The van der Waals surface area contributed by atoms with Gasteiger partial charge in [-0.25, -0.2) is 13.4 Å². The Bertz CT molecular complexity index is 1170. The molecule has 4 rings (SSSR count). The monoisotopic (exact) mass is 463 g/mol. The minimum absolute atomic E-state index is 0.111. The highest BCUT2D eigenvalue weighted by Crippen LogP contribution is 2.27. The van der Waals surface area contributed by atoms with Gasteiger partial charge in [-0.1, -0.05) is 23.7 Å². The first kappa shape index (κ1) is 20.6. The molecule has 0 aliphatic heterocycles. The van der Waals surface area contributed by atoms with E-state index in [-0.39, 0.29) is 23.5 Å². The van der Waals surface area contributed by atoms with E-state index in [2.05, 4.69) is 15.0 Å². The number of anilines is 1. The van der Waals surface area contributed by atoms with Crippen LogP contribution in [0.25, 0.3) is 0 Å². The lowest BCUT2D eigenvalue weighted by Gasteiger charge is -2.12. The molecule has 1 aliphatic carbocycles. The highest BCUT2D eigenvalue weighted by Gasteiger charge is 2.25. The van der Waals surface area contributed by atoms with E-state index in [9.17, 15) is 13.2 Å². The molecule has 1 atom stereocenters. The third-order valence-electron chi connectivity index (χ3n) is 4.61. The summed E-state index contributed by atoms with van der Waals surface area (Å²) in [6.07, 6.45) is 2.73. The molecular weight excluding hydrogens is 446 g/mol. The average molecular weight is 464 g/mol. The van der Waals surface area contributed by atoms with Gasteiger partial charge in [0.05, 0.1) is 4.90 Å². The first-order valence-electron chi connectivity index (χ1n) is 9.11. The number of aromatic nitrogens is 1. The van der Waals surface area contributed by atoms with Gasteiger partial charge in [0.15, 0.2) is 11.7 Å². The number of nitrogens with zero attached hydrogens (tertiary/aromatic N) is 1. The zero-order valence-corrected chi connectivity index (χ0v) is 18.1. The largest absolute Gasteiger partial charge is 0.484 e. The Morgan fingerprint density at radius 2 is 2.03 bits per heavy atom. The maximum atomic E-state index is 12.6. The fraction of sp³-hybridized carbons (Fsp3) is 0.200. The molecule has 30 heavy (non-hydrogen) atoms. The van der Waals surface area contributed by atoms with E-state index in [1.165, 1.54) is 17.5 Å². The van der Waals surface area contributed by atoms with Gasteiger partial charge in [0.1, 0.15) is 5.75 Å². The van der Waals surface area contributed by atoms with Crippen LogP contribution in [0.1, 0.15) is 11.1 Å². The van der Waals surface area contributed by atoms with Gasteiger partial charge in [-0.05, 0) is 54.3 Å². The number of fused-ring (bicyclic) bond motifs is 1. The lowest BCUT2D eigenvalue weighted by atomic mass is 10.1. The van der Waals surface area contributed by atoms with Crippen molar-refractivity contribution in [2.45, 2.75) is 23.8 Å². The fourth-order valence-corrected chi connectivity index (χ4v) is 5.31. The zero-order valence-electron chi connectivity index (χ0n) is 15.7. The third-order valence-corrected chi connectivity index (χ3v) is 7.00. The van der Waals surface area contributed by atoms with Crippen LogP contribution < -0.4 is 14.8 Å². The van der Waals surface area contributed by atoms with Gasteiger partial charge in [0.25, 0.3) is 15.9 Å². The zero-order chi connectivity index (χ0) is 21.1. The maximum Gasteiger partial charge on any atom is 0.263 e. The van der Waals surface area contributed by atoms with Crippen molar-refractivity contribution in [3.8, 4) is 5.75 Å². The van der Waals surface area contributed by atoms with Crippen molar-refractivity contribution in [2.75, 3.05) is 11.3 Å². The van der Waals surface area contributed by atoms with Gasteiger partial charge >= 0.3 is 0 Å².